The molecule has 0 saturated heterocycles. The molecule has 0 unspecified atom stereocenters. The first-order chi connectivity index (χ1) is 16.9. The quantitative estimate of drug-likeness (QED) is 0.315. The number of nitrogens with one attached hydrogen (secondary N) is 2. The van der Waals surface area contributed by atoms with Crippen LogP contribution >= 0.6 is 11.3 Å². The molecule has 0 bridgehead atoms. The Morgan fingerprint density at radius 2 is 1.97 bits per heavy atom. The average Bonchev–Trinajstić information content (AvgIpc) is 3.75. The Kier molecular flexibility index (Phi) is 5.58. The molecule has 3 aromatic rings. The minimum absolute atomic E-state index is 0.209. The maximum absolute atomic E-state index is 11.8. The number of thiazole rings is 1. The van der Waals surface area contributed by atoms with Crippen LogP contribution in [0, 0.1) is 18.8 Å². The number of primary amides is 1. The second-order valence-corrected chi connectivity index (χ2v) is 11.0. The molecule has 6 rings (SSSR count). The Bertz CT molecular complexity index is 1290. The molecule has 6 N–H and O–H groups in total. The van der Waals surface area contributed by atoms with E-state index in [1.807, 2.05) is 19.2 Å². The van der Waals surface area contributed by atoms with Gasteiger partial charge in [0.25, 0.3) is 0 Å². The van der Waals surface area contributed by atoms with E-state index in [1.54, 1.807) is 11.3 Å². The molecular formula is C24H29N7O3S. The van der Waals surface area contributed by atoms with E-state index in [0.717, 1.165) is 51.6 Å². The fourth-order valence-corrected chi connectivity index (χ4v) is 5.91. The molecule has 0 aliphatic heterocycles. The summed E-state index contributed by atoms with van der Waals surface area (Å²) in [6.45, 7) is 2.73. The monoisotopic (exact) mass is 495 g/mol. The lowest BCUT2D eigenvalue weighted by molar-refractivity contribution is -0.125. The summed E-state index contributed by atoms with van der Waals surface area (Å²) < 4.78 is 1.06. The van der Waals surface area contributed by atoms with Gasteiger partial charge in [-0.3, -0.25) is 9.78 Å². The van der Waals surface area contributed by atoms with Crippen LogP contribution in [-0.2, 0) is 4.79 Å². The third-order valence-corrected chi connectivity index (χ3v) is 8.26. The normalized spacial score (nSPS) is 26.3. The third kappa shape index (κ3) is 4.32. The molecule has 0 spiro atoms. The Hall–Kier alpha value is -2.89. The molecule has 3 aromatic heterocycles. The number of aromatic nitrogens is 4. The maximum Gasteiger partial charge on any atom is 0.224 e. The Morgan fingerprint density at radius 1 is 1.17 bits per heavy atom. The first kappa shape index (κ1) is 22.6. The van der Waals surface area contributed by atoms with E-state index in [1.165, 1.54) is 12.8 Å². The topological polar surface area (TPSA) is 159 Å². The number of aliphatic hydroxyl groups is 2. The predicted octanol–water partition coefficient (Wildman–Crippen LogP) is 2.16. The van der Waals surface area contributed by atoms with Crippen molar-refractivity contribution < 1.29 is 15.0 Å². The van der Waals surface area contributed by atoms with Gasteiger partial charge >= 0.3 is 0 Å². The van der Waals surface area contributed by atoms with E-state index >= 15 is 0 Å². The number of rotatable bonds is 8. The van der Waals surface area contributed by atoms with Gasteiger partial charge in [0, 0.05) is 18.7 Å². The van der Waals surface area contributed by atoms with Crippen molar-refractivity contribution in [3.8, 4) is 10.6 Å². The number of pyridine rings is 1. The molecule has 3 aliphatic rings. The van der Waals surface area contributed by atoms with Crippen LogP contribution in [0.25, 0.3) is 20.8 Å². The van der Waals surface area contributed by atoms with E-state index in [2.05, 4.69) is 15.6 Å². The lowest BCUT2D eigenvalue weighted by atomic mass is 10.1. The van der Waals surface area contributed by atoms with Crippen molar-refractivity contribution >= 4 is 39.2 Å². The molecule has 0 aromatic carbocycles. The number of amides is 1. The molecule has 10 nitrogen and oxygen atoms in total. The third-order valence-electron chi connectivity index (χ3n) is 7.22. The summed E-state index contributed by atoms with van der Waals surface area (Å²) in [5.41, 5.74) is 8.90. The van der Waals surface area contributed by atoms with Gasteiger partial charge in [-0.15, -0.1) is 11.3 Å². The number of anilines is 2. The molecule has 11 heteroatoms. The lowest BCUT2D eigenvalue weighted by Gasteiger charge is -2.21. The number of nitrogens with two attached hydrogens (primary N) is 1. The summed E-state index contributed by atoms with van der Waals surface area (Å²) in [4.78, 5) is 30.8. The Labute approximate surface area is 206 Å². The van der Waals surface area contributed by atoms with E-state index in [4.69, 9.17) is 20.7 Å². The first-order valence-corrected chi connectivity index (χ1v) is 13.0. The van der Waals surface area contributed by atoms with Gasteiger partial charge in [-0.2, -0.15) is 4.98 Å². The number of carbonyl (C=O) groups is 1. The number of hydrogen-bond acceptors (Lipinski definition) is 10. The fourth-order valence-electron chi connectivity index (χ4n) is 4.84. The molecular weight excluding hydrogens is 466 g/mol. The highest BCUT2D eigenvalue weighted by Gasteiger charge is 2.44. The number of aryl methyl sites for hydroxylation is 1. The van der Waals surface area contributed by atoms with Crippen molar-refractivity contribution in [3.05, 3.63) is 23.7 Å². The standard InChI is InChI=1S/C24H29N7O3S/c1-10-16(23-30-18-15(35-23)6-7-26-17(18)12-4-5-12)22(31-24(28-10)27-9-11-2-3-11)29-14-8-13(21(25)34)19(32)20(14)33/h6-7,11-14,19-20,32-33H,2-5,8-9H2,1H3,(H2,25,34)(H2,27,28,29,31)/t13-,14+,19+,20-/m0/s1. The van der Waals surface area contributed by atoms with Crippen molar-refractivity contribution in [1.29, 1.82) is 0 Å². The van der Waals surface area contributed by atoms with Crippen LogP contribution in [0.2, 0.25) is 0 Å². The average molecular weight is 496 g/mol. The summed E-state index contributed by atoms with van der Waals surface area (Å²) in [7, 11) is 0. The molecule has 3 fully saturated rings. The maximum atomic E-state index is 11.8. The second kappa shape index (κ2) is 8.65. The second-order valence-electron chi connectivity index (χ2n) is 9.99. The number of nitrogens with zero attached hydrogens (tertiary/aromatic N) is 4. The SMILES string of the molecule is Cc1nc(NCC2CC2)nc(N[C@@H]2C[C@H](C(N)=O)[C@@H](O)[C@H]2O)c1-c1nc2c(C3CC3)nccc2s1. The summed E-state index contributed by atoms with van der Waals surface area (Å²) >= 11 is 1.56. The van der Waals surface area contributed by atoms with Crippen LogP contribution in [0.5, 0.6) is 0 Å². The number of aliphatic hydroxyl groups excluding tert-OH is 2. The van der Waals surface area contributed by atoms with Gasteiger partial charge in [0.2, 0.25) is 11.9 Å². The lowest BCUT2D eigenvalue weighted by Crippen LogP contribution is -2.37. The van der Waals surface area contributed by atoms with Crippen molar-refractivity contribution in [3.63, 3.8) is 0 Å². The molecule has 3 saturated carbocycles. The van der Waals surface area contributed by atoms with Crippen LogP contribution < -0.4 is 16.4 Å². The molecule has 3 aliphatic carbocycles. The highest BCUT2D eigenvalue weighted by molar-refractivity contribution is 7.21. The van der Waals surface area contributed by atoms with Crippen molar-refractivity contribution in [2.75, 3.05) is 17.2 Å². The highest BCUT2D eigenvalue weighted by atomic mass is 32.1. The van der Waals surface area contributed by atoms with Gasteiger partial charge in [-0.25, -0.2) is 9.97 Å². The predicted molar refractivity (Wildman–Crippen MR) is 133 cm³/mol. The number of hydrogen-bond donors (Lipinski definition) is 5. The summed E-state index contributed by atoms with van der Waals surface area (Å²) in [6.07, 6.45) is 4.36. The van der Waals surface area contributed by atoms with Crippen LogP contribution in [-0.4, -0.2) is 60.9 Å². The molecule has 3 heterocycles. The van der Waals surface area contributed by atoms with Gasteiger partial charge in [-0.1, -0.05) is 0 Å². The largest absolute Gasteiger partial charge is 0.390 e. The molecule has 35 heavy (non-hydrogen) atoms. The fraction of sp³-hybridized carbons (Fsp3) is 0.542. The van der Waals surface area contributed by atoms with E-state index in [0.29, 0.717) is 23.6 Å². The van der Waals surface area contributed by atoms with Crippen molar-refractivity contribution in [2.24, 2.45) is 17.6 Å². The van der Waals surface area contributed by atoms with E-state index < -0.39 is 30.1 Å². The molecule has 1 amide bonds. The van der Waals surface area contributed by atoms with Crippen LogP contribution in [0.1, 0.15) is 49.4 Å². The van der Waals surface area contributed by atoms with E-state index in [-0.39, 0.29) is 6.42 Å². The number of carbonyl (C=O) groups excluding carboxylic acids is 1. The highest BCUT2D eigenvalue weighted by Crippen LogP contribution is 2.44. The molecule has 184 valence electrons. The zero-order valence-corrected chi connectivity index (χ0v) is 20.3. The zero-order chi connectivity index (χ0) is 24.3. The first-order valence-electron chi connectivity index (χ1n) is 12.2. The van der Waals surface area contributed by atoms with Crippen LogP contribution in [0.3, 0.4) is 0 Å². The summed E-state index contributed by atoms with van der Waals surface area (Å²) in [6, 6.07) is 1.39. The van der Waals surface area contributed by atoms with Gasteiger partial charge in [0.1, 0.15) is 22.4 Å². The smallest absolute Gasteiger partial charge is 0.224 e. The zero-order valence-electron chi connectivity index (χ0n) is 19.4. The van der Waals surface area contributed by atoms with Crippen LogP contribution in [0.4, 0.5) is 11.8 Å². The van der Waals surface area contributed by atoms with Gasteiger partial charge in [-0.05, 0) is 51.0 Å². The summed E-state index contributed by atoms with van der Waals surface area (Å²) in [5.74, 6) is 0.682. The Morgan fingerprint density at radius 3 is 2.66 bits per heavy atom. The van der Waals surface area contributed by atoms with Crippen LogP contribution in [0.15, 0.2) is 12.3 Å². The minimum atomic E-state index is -1.22. The Balaban J connectivity index is 1.39. The minimum Gasteiger partial charge on any atom is -0.390 e. The van der Waals surface area contributed by atoms with Crippen molar-refractivity contribution in [2.45, 2.75) is 63.2 Å². The molecule has 4 atom stereocenters. The van der Waals surface area contributed by atoms with Gasteiger partial charge < -0.3 is 26.6 Å². The van der Waals surface area contributed by atoms with Gasteiger partial charge in [0.15, 0.2) is 0 Å². The van der Waals surface area contributed by atoms with Crippen molar-refractivity contribution in [1.82, 2.24) is 19.9 Å². The number of fused-ring (bicyclic) bond motifs is 1. The van der Waals surface area contributed by atoms with E-state index in [9.17, 15) is 15.0 Å². The molecule has 0 radical (unpaired) electrons. The summed E-state index contributed by atoms with van der Waals surface area (Å²) in [5, 5.41) is 28.4. The van der Waals surface area contributed by atoms with Gasteiger partial charge in [0.05, 0.1) is 39.7 Å².